The van der Waals surface area contributed by atoms with E-state index in [-0.39, 0.29) is 18.1 Å². The Hall–Kier alpha value is -1.89. The van der Waals surface area contributed by atoms with Gasteiger partial charge in [-0.2, -0.15) is 5.10 Å². The zero-order valence-electron chi connectivity index (χ0n) is 13.6. The highest BCUT2D eigenvalue weighted by Gasteiger charge is 2.36. The summed E-state index contributed by atoms with van der Waals surface area (Å²) in [7, 11) is 1.65. The second-order valence-electron chi connectivity index (χ2n) is 6.04. The lowest BCUT2D eigenvalue weighted by atomic mass is 10.2. The summed E-state index contributed by atoms with van der Waals surface area (Å²) in [6.07, 6.45) is 2.38. The van der Waals surface area contributed by atoms with Gasteiger partial charge in [0.25, 0.3) is 0 Å². The Labute approximate surface area is 146 Å². The predicted molar refractivity (Wildman–Crippen MR) is 91.6 cm³/mol. The van der Waals surface area contributed by atoms with Crippen LogP contribution >= 0.6 is 11.6 Å². The molecule has 2 heterocycles. The van der Waals surface area contributed by atoms with Crippen molar-refractivity contribution in [2.75, 3.05) is 13.7 Å². The van der Waals surface area contributed by atoms with E-state index in [0.29, 0.717) is 31.2 Å². The van der Waals surface area contributed by atoms with Gasteiger partial charge in [0.05, 0.1) is 24.9 Å². The number of primary amides is 1. The van der Waals surface area contributed by atoms with Gasteiger partial charge in [-0.1, -0.05) is 41.9 Å². The SMILES string of the molecule is CO[C@H]1C[C@@H](C(N)=O)N(Cc2cnn(Cc3ccccc3)c2Cl)C1. The van der Waals surface area contributed by atoms with E-state index in [9.17, 15) is 4.79 Å². The number of carbonyl (C=O) groups is 1. The first-order valence-electron chi connectivity index (χ1n) is 7.88. The lowest BCUT2D eigenvalue weighted by molar-refractivity contribution is -0.122. The highest BCUT2D eigenvalue weighted by Crippen LogP contribution is 2.25. The maximum atomic E-state index is 11.7. The van der Waals surface area contributed by atoms with Gasteiger partial charge in [-0.15, -0.1) is 0 Å². The van der Waals surface area contributed by atoms with E-state index in [1.807, 2.05) is 35.2 Å². The van der Waals surface area contributed by atoms with Crippen LogP contribution in [0.2, 0.25) is 5.15 Å². The zero-order chi connectivity index (χ0) is 17.1. The van der Waals surface area contributed by atoms with E-state index in [2.05, 4.69) is 5.10 Å². The van der Waals surface area contributed by atoms with Crippen molar-refractivity contribution in [2.45, 2.75) is 31.7 Å². The fourth-order valence-corrected chi connectivity index (χ4v) is 3.32. The van der Waals surface area contributed by atoms with Crippen molar-refractivity contribution in [1.82, 2.24) is 14.7 Å². The molecule has 128 valence electrons. The number of amides is 1. The van der Waals surface area contributed by atoms with Gasteiger partial charge in [0.15, 0.2) is 0 Å². The molecule has 0 radical (unpaired) electrons. The van der Waals surface area contributed by atoms with E-state index < -0.39 is 0 Å². The molecule has 0 saturated carbocycles. The van der Waals surface area contributed by atoms with Crippen molar-refractivity contribution >= 4 is 17.5 Å². The van der Waals surface area contributed by atoms with Crippen molar-refractivity contribution in [2.24, 2.45) is 5.73 Å². The van der Waals surface area contributed by atoms with Crippen LogP contribution in [0, 0.1) is 0 Å². The van der Waals surface area contributed by atoms with Gasteiger partial charge in [0.2, 0.25) is 5.91 Å². The highest BCUT2D eigenvalue weighted by molar-refractivity contribution is 6.30. The van der Waals surface area contributed by atoms with Gasteiger partial charge >= 0.3 is 0 Å². The lowest BCUT2D eigenvalue weighted by Gasteiger charge is -2.20. The Morgan fingerprint density at radius 2 is 2.12 bits per heavy atom. The predicted octanol–water partition coefficient (Wildman–Crippen LogP) is 1.66. The monoisotopic (exact) mass is 348 g/mol. The van der Waals surface area contributed by atoms with E-state index in [0.717, 1.165) is 11.1 Å². The number of halogens is 1. The normalized spacial score (nSPS) is 21.2. The number of aromatic nitrogens is 2. The molecule has 2 atom stereocenters. The van der Waals surface area contributed by atoms with Gasteiger partial charge in [0, 0.05) is 25.8 Å². The lowest BCUT2D eigenvalue weighted by Crippen LogP contribution is -2.39. The first-order valence-corrected chi connectivity index (χ1v) is 8.26. The molecule has 1 aliphatic heterocycles. The molecular formula is C17H21ClN4O2. The number of hydrogen-bond donors (Lipinski definition) is 1. The van der Waals surface area contributed by atoms with Crippen LogP contribution in [0.3, 0.4) is 0 Å². The zero-order valence-corrected chi connectivity index (χ0v) is 14.3. The van der Waals surface area contributed by atoms with E-state index in [1.54, 1.807) is 18.0 Å². The first-order chi connectivity index (χ1) is 11.6. The molecule has 0 spiro atoms. The molecule has 1 fully saturated rings. The second kappa shape index (κ2) is 7.34. The highest BCUT2D eigenvalue weighted by atomic mass is 35.5. The number of rotatable bonds is 6. The van der Waals surface area contributed by atoms with E-state index in [1.165, 1.54) is 0 Å². The van der Waals surface area contributed by atoms with Crippen molar-refractivity contribution in [3.63, 3.8) is 0 Å². The van der Waals surface area contributed by atoms with Crippen molar-refractivity contribution in [1.29, 1.82) is 0 Å². The Morgan fingerprint density at radius 1 is 1.38 bits per heavy atom. The largest absolute Gasteiger partial charge is 0.380 e. The summed E-state index contributed by atoms with van der Waals surface area (Å²) < 4.78 is 7.13. The molecule has 0 unspecified atom stereocenters. The van der Waals surface area contributed by atoms with Crippen LogP contribution in [0.4, 0.5) is 0 Å². The molecule has 1 aromatic carbocycles. The molecule has 0 bridgehead atoms. The number of nitrogens with zero attached hydrogens (tertiary/aromatic N) is 3. The number of ether oxygens (including phenoxy) is 1. The molecule has 0 aliphatic carbocycles. The van der Waals surface area contributed by atoms with Gasteiger partial charge in [-0.25, -0.2) is 4.68 Å². The minimum Gasteiger partial charge on any atom is -0.380 e. The molecule has 2 N–H and O–H groups in total. The van der Waals surface area contributed by atoms with Crippen LogP contribution in [-0.4, -0.2) is 46.4 Å². The molecule has 2 aromatic rings. The van der Waals surface area contributed by atoms with E-state index in [4.69, 9.17) is 22.1 Å². The van der Waals surface area contributed by atoms with Gasteiger partial charge in [-0.05, 0) is 12.0 Å². The fraction of sp³-hybridized carbons (Fsp3) is 0.412. The average molecular weight is 349 g/mol. The summed E-state index contributed by atoms with van der Waals surface area (Å²) in [5.41, 5.74) is 7.53. The van der Waals surface area contributed by atoms with Crippen LogP contribution in [-0.2, 0) is 22.6 Å². The summed E-state index contributed by atoms with van der Waals surface area (Å²) in [6.45, 7) is 1.80. The second-order valence-corrected chi connectivity index (χ2v) is 6.40. The number of nitrogens with two attached hydrogens (primary N) is 1. The molecule has 1 saturated heterocycles. The Balaban J connectivity index is 1.73. The summed E-state index contributed by atoms with van der Waals surface area (Å²) >= 11 is 6.48. The van der Waals surface area contributed by atoms with Crippen molar-refractivity contribution in [3.8, 4) is 0 Å². The third-order valence-electron chi connectivity index (χ3n) is 4.42. The number of methoxy groups -OCH3 is 1. The Morgan fingerprint density at radius 3 is 2.79 bits per heavy atom. The van der Waals surface area contributed by atoms with Gasteiger partial charge in [-0.3, -0.25) is 9.69 Å². The van der Waals surface area contributed by atoms with Gasteiger partial charge in [0.1, 0.15) is 5.15 Å². The summed E-state index contributed by atoms with van der Waals surface area (Å²) in [5.74, 6) is -0.331. The Kier molecular flexibility index (Phi) is 5.18. The minimum absolute atomic E-state index is 0.0145. The van der Waals surface area contributed by atoms with Crippen LogP contribution in [0.25, 0.3) is 0 Å². The number of likely N-dealkylation sites (tertiary alicyclic amines) is 1. The van der Waals surface area contributed by atoms with Crippen LogP contribution < -0.4 is 5.73 Å². The molecule has 6 nitrogen and oxygen atoms in total. The molecule has 1 aromatic heterocycles. The molecule has 24 heavy (non-hydrogen) atoms. The summed E-state index contributed by atoms with van der Waals surface area (Å²) in [6, 6.07) is 9.68. The summed E-state index contributed by atoms with van der Waals surface area (Å²) in [5, 5.41) is 4.96. The van der Waals surface area contributed by atoms with Crippen molar-refractivity contribution < 1.29 is 9.53 Å². The average Bonchev–Trinajstić information content (AvgIpc) is 3.14. The molecule has 1 aliphatic rings. The molecular weight excluding hydrogens is 328 g/mol. The smallest absolute Gasteiger partial charge is 0.234 e. The quantitative estimate of drug-likeness (QED) is 0.861. The third kappa shape index (κ3) is 3.61. The first kappa shape index (κ1) is 17.0. The minimum atomic E-state index is -0.331. The number of benzene rings is 1. The number of hydrogen-bond acceptors (Lipinski definition) is 4. The van der Waals surface area contributed by atoms with Gasteiger partial charge < -0.3 is 10.5 Å². The standard InChI is InChI=1S/C17H21ClN4O2/c1-24-14-7-15(17(19)23)21(11-14)10-13-8-20-22(16(13)18)9-12-5-3-2-4-6-12/h2-6,8,14-15H,7,9-11H2,1H3,(H2,19,23)/t14-,15-/m0/s1. The molecule has 7 heteroatoms. The van der Waals surface area contributed by atoms with E-state index >= 15 is 0 Å². The molecule has 1 amide bonds. The Bertz CT molecular complexity index is 704. The van der Waals surface area contributed by atoms with Crippen LogP contribution in [0.5, 0.6) is 0 Å². The van der Waals surface area contributed by atoms with Crippen LogP contribution in [0.1, 0.15) is 17.5 Å². The number of carbonyl (C=O) groups excluding carboxylic acids is 1. The maximum Gasteiger partial charge on any atom is 0.234 e. The topological polar surface area (TPSA) is 73.4 Å². The maximum absolute atomic E-state index is 11.7. The summed E-state index contributed by atoms with van der Waals surface area (Å²) in [4.78, 5) is 13.7. The van der Waals surface area contributed by atoms with Crippen molar-refractivity contribution in [3.05, 3.63) is 52.8 Å². The molecule has 3 rings (SSSR count). The van der Waals surface area contributed by atoms with Crippen LogP contribution in [0.15, 0.2) is 36.5 Å². The fourth-order valence-electron chi connectivity index (χ4n) is 3.10. The third-order valence-corrected chi connectivity index (χ3v) is 4.86.